The predicted molar refractivity (Wildman–Crippen MR) is 58.8 cm³/mol. The third-order valence-electron chi connectivity index (χ3n) is 2.45. The predicted octanol–water partition coefficient (Wildman–Crippen LogP) is 1.28. The fourth-order valence-electron chi connectivity index (χ4n) is 1.77. The van der Waals surface area contributed by atoms with Crippen LogP contribution in [0.4, 0.5) is 0 Å². The Balaban J connectivity index is 2.02. The monoisotopic (exact) mass is 195 g/mol. The Morgan fingerprint density at radius 3 is 2.69 bits per heavy atom. The molecule has 2 rings (SSSR count). The van der Waals surface area contributed by atoms with Crippen molar-refractivity contribution in [3.05, 3.63) is 0 Å². The molecule has 0 aromatic heterocycles. The molecule has 0 radical (unpaired) electrons. The molecule has 1 fully saturated rings. The molecule has 1 saturated heterocycles. The quantitative estimate of drug-likeness (QED) is 0.590. The molecule has 0 bridgehead atoms. The molecular formula is C9H13N3S. The van der Waals surface area contributed by atoms with Gasteiger partial charge in [0.2, 0.25) is 0 Å². The van der Waals surface area contributed by atoms with Gasteiger partial charge in [0.05, 0.1) is 0 Å². The van der Waals surface area contributed by atoms with Crippen molar-refractivity contribution in [2.24, 2.45) is 9.98 Å². The van der Waals surface area contributed by atoms with Crippen LogP contribution >= 0.6 is 12.2 Å². The van der Waals surface area contributed by atoms with E-state index in [9.17, 15) is 0 Å². The Labute approximate surface area is 83.6 Å². The lowest BCUT2D eigenvalue weighted by atomic mass is 10.1. The number of thiocarbonyl (C=S) groups is 1. The van der Waals surface area contributed by atoms with Crippen molar-refractivity contribution < 1.29 is 0 Å². The van der Waals surface area contributed by atoms with E-state index in [-0.39, 0.29) is 6.17 Å². The minimum absolute atomic E-state index is 0.0419. The largest absolute Gasteiger partial charge is 0.276 e. The normalized spacial score (nSPS) is 29.5. The number of likely N-dealkylation sites (tertiary alicyclic amines) is 1. The maximum Gasteiger partial charge on any atom is 0.155 e. The van der Waals surface area contributed by atoms with E-state index in [1.54, 1.807) is 12.4 Å². The van der Waals surface area contributed by atoms with Crippen molar-refractivity contribution in [1.29, 1.82) is 0 Å². The summed E-state index contributed by atoms with van der Waals surface area (Å²) < 4.78 is 0. The van der Waals surface area contributed by atoms with Gasteiger partial charge in [0.1, 0.15) is 4.99 Å². The smallest absolute Gasteiger partial charge is 0.155 e. The average molecular weight is 195 g/mol. The van der Waals surface area contributed by atoms with Gasteiger partial charge in [-0.15, -0.1) is 0 Å². The zero-order chi connectivity index (χ0) is 9.10. The van der Waals surface area contributed by atoms with Gasteiger partial charge in [-0.1, -0.05) is 18.6 Å². The molecule has 4 heteroatoms. The average Bonchev–Trinajstić information content (AvgIpc) is 2.20. The van der Waals surface area contributed by atoms with Crippen LogP contribution in [0.15, 0.2) is 9.98 Å². The van der Waals surface area contributed by atoms with Crippen LogP contribution in [0.1, 0.15) is 19.3 Å². The van der Waals surface area contributed by atoms with Gasteiger partial charge in [-0.05, 0) is 12.8 Å². The highest BCUT2D eigenvalue weighted by molar-refractivity contribution is 7.80. The Hall–Kier alpha value is -0.610. The maximum absolute atomic E-state index is 5.15. The second-order valence-corrected chi connectivity index (χ2v) is 3.80. The zero-order valence-corrected chi connectivity index (χ0v) is 8.33. The molecule has 0 aliphatic carbocycles. The highest BCUT2D eigenvalue weighted by Crippen LogP contribution is 2.15. The lowest BCUT2D eigenvalue weighted by Crippen LogP contribution is -2.42. The molecule has 13 heavy (non-hydrogen) atoms. The van der Waals surface area contributed by atoms with Gasteiger partial charge < -0.3 is 0 Å². The molecular weight excluding hydrogens is 182 g/mol. The second-order valence-electron chi connectivity index (χ2n) is 3.38. The molecule has 1 unspecified atom stereocenters. The second kappa shape index (κ2) is 4.07. The standard InChI is InChI=1S/C9H13N3S/c13-9-8(10-4-5-11-9)12-6-2-1-3-7-12/h4-5,8H,1-3,6-7H2. The van der Waals surface area contributed by atoms with E-state index in [0.717, 1.165) is 13.1 Å². The fourth-order valence-corrected chi connectivity index (χ4v) is 2.04. The van der Waals surface area contributed by atoms with Gasteiger partial charge in [0, 0.05) is 25.5 Å². The molecule has 0 amide bonds. The summed E-state index contributed by atoms with van der Waals surface area (Å²) in [5.74, 6) is 0. The molecule has 70 valence electrons. The minimum atomic E-state index is 0.0419. The summed E-state index contributed by atoms with van der Waals surface area (Å²) in [7, 11) is 0. The lowest BCUT2D eigenvalue weighted by Gasteiger charge is -2.31. The first-order valence-corrected chi connectivity index (χ1v) is 5.12. The molecule has 0 spiro atoms. The van der Waals surface area contributed by atoms with Crippen molar-refractivity contribution in [3.8, 4) is 0 Å². The van der Waals surface area contributed by atoms with Gasteiger partial charge in [-0.3, -0.25) is 9.89 Å². The van der Waals surface area contributed by atoms with Crippen LogP contribution in [0.25, 0.3) is 0 Å². The van der Waals surface area contributed by atoms with E-state index in [2.05, 4.69) is 14.9 Å². The molecule has 2 aliphatic heterocycles. The number of hydrogen-bond donors (Lipinski definition) is 0. The van der Waals surface area contributed by atoms with Crippen molar-refractivity contribution >= 4 is 29.6 Å². The molecule has 0 aromatic rings. The Morgan fingerprint density at radius 2 is 2.00 bits per heavy atom. The number of rotatable bonds is 1. The van der Waals surface area contributed by atoms with Crippen LogP contribution in [0.2, 0.25) is 0 Å². The molecule has 2 heterocycles. The minimum Gasteiger partial charge on any atom is -0.276 e. The molecule has 0 saturated carbocycles. The highest BCUT2D eigenvalue weighted by Gasteiger charge is 2.23. The molecule has 0 N–H and O–H groups in total. The summed E-state index contributed by atoms with van der Waals surface area (Å²) >= 11 is 5.15. The lowest BCUT2D eigenvalue weighted by molar-refractivity contribution is 0.206. The third kappa shape index (κ3) is 2.00. The summed E-state index contributed by atoms with van der Waals surface area (Å²) in [6.07, 6.45) is 7.32. The SMILES string of the molecule is S=C1N=CC=NC1N1CCCCC1. The van der Waals surface area contributed by atoms with Crippen LogP contribution < -0.4 is 0 Å². The first-order chi connectivity index (χ1) is 6.38. The Bertz CT molecular complexity index is 254. The third-order valence-corrected chi connectivity index (χ3v) is 2.77. The molecule has 3 nitrogen and oxygen atoms in total. The molecule has 0 aromatic carbocycles. The van der Waals surface area contributed by atoms with Crippen molar-refractivity contribution in [2.75, 3.05) is 13.1 Å². The van der Waals surface area contributed by atoms with Crippen molar-refractivity contribution in [1.82, 2.24) is 4.90 Å². The van der Waals surface area contributed by atoms with E-state index >= 15 is 0 Å². The van der Waals surface area contributed by atoms with E-state index in [1.165, 1.54) is 19.3 Å². The van der Waals surface area contributed by atoms with Crippen molar-refractivity contribution in [3.63, 3.8) is 0 Å². The summed E-state index contributed by atoms with van der Waals surface area (Å²) in [5, 5.41) is 0. The number of aliphatic imine (C=N–C) groups is 2. The number of piperidine rings is 1. The van der Waals surface area contributed by atoms with Crippen LogP contribution in [0.5, 0.6) is 0 Å². The van der Waals surface area contributed by atoms with E-state index in [1.807, 2.05) is 0 Å². The highest BCUT2D eigenvalue weighted by atomic mass is 32.1. The van der Waals surface area contributed by atoms with Gasteiger partial charge in [-0.2, -0.15) is 0 Å². The van der Waals surface area contributed by atoms with E-state index in [0.29, 0.717) is 4.99 Å². The van der Waals surface area contributed by atoms with Gasteiger partial charge in [-0.25, -0.2) is 4.99 Å². The molecule has 1 atom stereocenters. The fraction of sp³-hybridized carbons (Fsp3) is 0.667. The van der Waals surface area contributed by atoms with Crippen LogP contribution in [0, 0.1) is 0 Å². The van der Waals surface area contributed by atoms with Crippen LogP contribution in [-0.2, 0) is 0 Å². The topological polar surface area (TPSA) is 28.0 Å². The van der Waals surface area contributed by atoms with Crippen molar-refractivity contribution in [2.45, 2.75) is 25.4 Å². The first-order valence-electron chi connectivity index (χ1n) is 4.71. The van der Waals surface area contributed by atoms with E-state index < -0.39 is 0 Å². The Morgan fingerprint density at radius 1 is 1.23 bits per heavy atom. The zero-order valence-electron chi connectivity index (χ0n) is 7.52. The van der Waals surface area contributed by atoms with Gasteiger partial charge in [0.25, 0.3) is 0 Å². The number of hydrogen-bond acceptors (Lipinski definition) is 3. The molecule has 2 aliphatic rings. The van der Waals surface area contributed by atoms with Crippen LogP contribution in [-0.4, -0.2) is 41.6 Å². The van der Waals surface area contributed by atoms with Gasteiger partial charge in [0.15, 0.2) is 6.17 Å². The summed E-state index contributed by atoms with van der Waals surface area (Å²) in [4.78, 5) is 11.5. The summed E-state index contributed by atoms with van der Waals surface area (Å²) in [6.45, 7) is 2.22. The summed E-state index contributed by atoms with van der Waals surface area (Å²) in [6, 6.07) is 0. The Kier molecular flexibility index (Phi) is 2.80. The summed E-state index contributed by atoms with van der Waals surface area (Å²) in [5.41, 5.74) is 0. The maximum atomic E-state index is 5.15. The van der Waals surface area contributed by atoms with Gasteiger partial charge >= 0.3 is 0 Å². The van der Waals surface area contributed by atoms with E-state index in [4.69, 9.17) is 12.2 Å². The van der Waals surface area contributed by atoms with Crippen LogP contribution in [0.3, 0.4) is 0 Å². The number of nitrogens with zero attached hydrogens (tertiary/aromatic N) is 3. The first kappa shape index (κ1) is 8.97.